The third-order valence-electron chi connectivity index (χ3n) is 0.563. The van der Waals surface area contributed by atoms with Crippen molar-refractivity contribution in [3.8, 4) is 0 Å². The number of alkyl halides is 4. The number of hydrogen-bond acceptors (Lipinski definition) is 0. The molecule has 0 aliphatic rings. The molecular weight excluding hydrogens is 140 g/mol. The van der Waals surface area contributed by atoms with Gasteiger partial charge in [-0.15, -0.1) is 0 Å². The Morgan fingerprint density at radius 1 is 1.62 bits per heavy atom. The molecule has 0 nitrogen and oxygen atoms in total. The lowest BCUT2D eigenvalue weighted by Crippen LogP contribution is -2.20. The molecule has 0 heterocycles. The minimum atomic E-state index is -3.21. The van der Waals surface area contributed by atoms with Crippen LogP contribution >= 0.6 is 11.6 Å². The van der Waals surface area contributed by atoms with Crippen LogP contribution in [0, 0.1) is 0 Å². The molecule has 0 amide bonds. The molecule has 0 aromatic heterocycles. The monoisotopic (exact) mass is 144 g/mol. The van der Waals surface area contributed by atoms with Gasteiger partial charge in [0.1, 0.15) is 0 Å². The van der Waals surface area contributed by atoms with Crippen LogP contribution in [-0.2, 0) is 0 Å². The van der Waals surface area contributed by atoms with Crippen LogP contribution in [-0.4, -0.2) is 11.6 Å². The molecule has 0 N–H and O–H groups in total. The van der Waals surface area contributed by atoms with Gasteiger partial charge >= 0.3 is 0 Å². The molecule has 1 atom stereocenters. The van der Waals surface area contributed by atoms with Crippen molar-refractivity contribution in [3.05, 3.63) is 12.7 Å². The van der Waals surface area contributed by atoms with E-state index in [1.54, 1.807) is 0 Å². The van der Waals surface area contributed by atoms with Crippen molar-refractivity contribution in [2.45, 2.75) is 11.6 Å². The van der Waals surface area contributed by atoms with Crippen molar-refractivity contribution in [1.29, 1.82) is 0 Å². The SMILES string of the molecule is C=CC(F)(Cl)C(F)F. The normalized spacial score (nSPS) is 18.1. The first-order valence-corrected chi connectivity index (χ1v) is 2.18. The van der Waals surface area contributed by atoms with Gasteiger partial charge < -0.3 is 0 Å². The summed E-state index contributed by atoms with van der Waals surface area (Å²) in [4.78, 5) is 0. The van der Waals surface area contributed by atoms with Crippen LogP contribution in [0.5, 0.6) is 0 Å². The van der Waals surface area contributed by atoms with Gasteiger partial charge in [0, 0.05) is 0 Å². The van der Waals surface area contributed by atoms with E-state index in [9.17, 15) is 13.2 Å². The highest BCUT2D eigenvalue weighted by molar-refractivity contribution is 6.24. The molecule has 0 saturated carbocycles. The van der Waals surface area contributed by atoms with E-state index in [4.69, 9.17) is 0 Å². The fourth-order valence-electron chi connectivity index (χ4n) is 0.0891. The summed E-state index contributed by atoms with van der Waals surface area (Å²) < 4.78 is 34.3. The molecule has 0 aromatic rings. The average molecular weight is 145 g/mol. The van der Waals surface area contributed by atoms with Gasteiger partial charge in [0.25, 0.3) is 11.6 Å². The van der Waals surface area contributed by atoms with Crippen LogP contribution in [0.4, 0.5) is 13.2 Å². The van der Waals surface area contributed by atoms with Gasteiger partial charge in [-0.3, -0.25) is 0 Å². The van der Waals surface area contributed by atoms with Gasteiger partial charge in [0.15, 0.2) is 0 Å². The highest BCUT2D eigenvalue weighted by Gasteiger charge is 2.33. The summed E-state index contributed by atoms with van der Waals surface area (Å²) in [5.74, 6) is 0. The zero-order valence-electron chi connectivity index (χ0n) is 3.87. The van der Waals surface area contributed by atoms with Crippen LogP contribution in [0.25, 0.3) is 0 Å². The standard InChI is InChI=1S/C4H4ClF3/c1-2-4(5,8)3(6)7/h2-3H,1H2. The van der Waals surface area contributed by atoms with E-state index < -0.39 is 11.6 Å². The molecule has 4 heteroatoms. The molecule has 48 valence electrons. The van der Waals surface area contributed by atoms with Crippen molar-refractivity contribution in [3.63, 3.8) is 0 Å². The van der Waals surface area contributed by atoms with E-state index in [2.05, 4.69) is 18.2 Å². The molecule has 0 aliphatic carbocycles. The van der Waals surface area contributed by atoms with Crippen LogP contribution in [0.2, 0.25) is 0 Å². The Morgan fingerprint density at radius 3 is 2.00 bits per heavy atom. The van der Waals surface area contributed by atoms with E-state index in [1.807, 2.05) is 0 Å². The molecule has 0 aromatic carbocycles. The minimum Gasteiger partial charge on any atom is -0.215 e. The number of halogens is 4. The Hall–Kier alpha value is -0.180. The molecule has 0 saturated heterocycles. The Bertz CT molecular complexity index is 89.3. The zero-order chi connectivity index (χ0) is 6.78. The van der Waals surface area contributed by atoms with Crippen LogP contribution in [0.15, 0.2) is 12.7 Å². The summed E-state index contributed by atoms with van der Waals surface area (Å²) in [5, 5.41) is -3.06. The summed E-state index contributed by atoms with van der Waals surface area (Å²) in [6.07, 6.45) is -2.85. The van der Waals surface area contributed by atoms with E-state index in [1.165, 1.54) is 0 Å². The van der Waals surface area contributed by atoms with Gasteiger partial charge in [0.2, 0.25) is 0 Å². The van der Waals surface area contributed by atoms with Gasteiger partial charge in [-0.2, -0.15) is 0 Å². The summed E-state index contributed by atoms with van der Waals surface area (Å²) >= 11 is 4.52. The summed E-state index contributed by atoms with van der Waals surface area (Å²) in [7, 11) is 0. The maximum absolute atomic E-state index is 11.8. The quantitative estimate of drug-likeness (QED) is 0.412. The predicted octanol–water partition coefficient (Wildman–Crippen LogP) is 2.34. The molecule has 0 spiro atoms. The molecule has 0 aliphatic heterocycles. The lowest BCUT2D eigenvalue weighted by molar-refractivity contribution is 0.0505. The maximum atomic E-state index is 11.8. The van der Waals surface area contributed by atoms with E-state index >= 15 is 0 Å². The van der Waals surface area contributed by atoms with Crippen molar-refractivity contribution in [2.24, 2.45) is 0 Å². The fraction of sp³-hybridized carbons (Fsp3) is 0.500. The van der Waals surface area contributed by atoms with E-state index in [0.29, 0.717) is 6.08 Å². The van der Waals surface area contributed by atoms with Gasteiger partial charge in [-0.1, -0.05) is 18.2 Å². The smallest absolute Gasteiger partial charge is 0.215 e. The van der Waals surface area contributed by atoms with Crippen LogP contribution in [0.1, 0.15) is 0 Å². The van der Waals surface area contributed by atoms with Gasteiger partial charge in [-0.05, 0) is 6.08 Å². The van der Waals surface area contributed by atoms with Gasteiger partial charge in [-0.25, -0.2) is 13.2 Å². The average Bonchev–Trinajstić information content (AvgIpc) is 1.67. The number of rotatable bonds is 2. The number of hydrogen-bond donors (Lipinski definition) is 0. The van der Waals surface area contributed by atoms with E-state index in [0.717, 1.165) is 0 Å². The fourth-order valence-corrected chi connectivity index (χ4v) is 0.0891. The highest BCUT2D eigenvalue weighted by atomic mass is 35.5. The van der Waals surface area contributed by atoms with Gasteiger partial charge in [0.05, 0.1) is 0 Å². The zero-order valence-corrected chi connectivity index (χ0v) is 4.63. The highest BCUT2D eigenvalue weighted by Crippen LogP contribution is 2.26. The second kappa shape index (κ2) is 2.40. The topological polar surface area (TPSA) is 0 Å². The Kier molecular flexibility index (Phi) is 2.34. The second-order valence-corrected chi connectivity index (χ2v) is 1.76. The maximum Gasteiger partial charge on any atom is 0.289 e. The van der Waals surface area contributed by atoms with Crippen LogP contribution in [0.3, 0.4) is 0 Å². The first kappa shape index (κ1) is 7.82. The second-order valence-electron chi connectivity index (χ2n) is 1.18. The van der Waals surface area contributed by atoms with Crippen LogP contribution < -0.4 is 0 Å². The Balaban J connectivity index is 3.90. The van der Waals surface area contributed by atoms with Crippen molar-refractivity contribution < 1.29 is 13.2 Å². The Morgan fingerprint density at radius 2 is 2.00 bits per heavy atom. The van der Waals surface area contributed by atoms with Crippen molar-refractivity contribution in [1.82, 2.24) is 0 Å². The minimum absolute atomic E-state index is 0.360. The first-order chi connectivity index (χ1) is 3.50. The third kappa shape index (κ3) is 1.74. The third-order valence-corrected chi connectivity index (χ3v) is 0.882. The summed E-state index contributed by atoms with van der Waals surface area (Å²) in [6, 6.07) is 0. The first-order valence-electron chi connectivity index (χ1n) is 1.80. The molecule has 0 radical (unpaired) electrons. The largest absolute Gasteiger partial charge is 0.289 e. The molecule has 0 bridgehead atoms. The number of allylic oxidation sites excluding steroid dienone is 1. The van der Waals surface area contributed by atoms with Crippen molar-refractivity contribution in [2.75, 3.05) is 0 Å². The molecular formula is C4H4ClF3. The molecule has 0 fully saturated rings. The summed E-state index contributed by atoms with van der Waals surface area (Å²) in [5.41, 5.74) is 0. The molecule has 0 rings (SSSR count). The van der Waals surface area contributed by atoms with Crippen molar-refractivity contribution >= 4 is 11.6 Å². The lowest BCUT2D eigenvalue weighted by atomic mass is 10.4. The van der Waals surface area contributed by atoms with E-state index in [-0.39, 0.29) is 0 Å². The molecule has 8 heavy (non-hydrogen) atoms. The molecule has 1 unspecified atom stereocenters. The lowest BCUT2D eigenvalue weighted by Gasteiger charge is -2.09. The predicted molar refractivity (Wildman–Crippen MR) is 25.9 cm³/mol. The summed E-state index contributed by atoms with van der Waals surface area (Å²) in [6.45, 7) is 2.77. The Labute approximate surface area is 49.9 Å².